The molecule has 0 aliphatic carbocycles. The third-order valence-electron chi connectivity index (χ3n) is 4.17. The maximum Gasteiger partial charge on any atom is 0.433 e. The van der Waals surface area contributed by atoms with Crippen molar-refractivity contribution in [2.75, 3.05) is 25.5 Å². The van der Waals surface area contributed by atoms with E-state index < -0.39 is 11.9 Å². The highest BCUT2D eigenvalue weighted by atomic mass is 19.4. The van der Waals surface area contributed by atoms with Gasteiger partial charge in [0.25, 0.3) is 0 Å². The third kappa shape index (κ3) is 5.08. The fourth-order valence-corrected chi connectivity index (χ4v) is 2.90. The maximum atomic E-state index is 12.7. The number of nitrogens with one attached hydrogen (secondary N) is 3. The number of aliphatic imine (C=N–C) groups is 1. The van der Waals surface area contributed by atoms with E-state index in [2.05, 4.69) is 41.0 Å². The van der Waals surface area contributed by atoms with Crippen molar-refractivity contribution >= 4 is 11.9 Å². The molecule has 0 spiro atoms. The Balaban J connectivity index is 1.44. The Labute approximate surface area is 159 Å². The van der Waals surface area contributed by atoms with Crippen LogP contribution >= 0.6 is 0 Å². The summed E-state index contributed by atoms with van der Waals surface area (Å²) in [6.07, 6.45) is -1.67. The minimum Gasteiger partial charge on any atom is -0.355 e. The van der Waals surface area contributed by atoms with E-state index in [9.17, 15) is 13.2 Å². The number of anilines is 1. The molecule has 0 fully saturated rings. The van der Waals surface area contributed by atoms with Gasteiger partial charge < -0.3 is 16.0 Å². The van der Waals surface area contributed by atoms with E-state index in [1.54, 1.807) is 7.05 Å². The van der Waals surface area contributed by atoms with Crippen LogP contribution in [0.2, 0.25) is 0 Å². The molecule has 0 aromatic carbocycles. The Kier molecular flexibility index (Phi) is 5.95. The molecule has 0 radical (unpaired) electrons. The zero-order chi connectivity index (χ0) is 20.1. The molecule has 28 heavy (non-hydrogen) atoms. The highest BCUT2D eigenvalue weighted by molar-refractivity contribution is 5.80. The Morgan fingerprint density at radius 3 is 2.89 bits per heavy atom. The number of aryl methyl sites for hydroxylation is 2. The first kappa shape index (κ1) is 19.8. The number of halogens is 3. The molecule has 1 aliphatic heterocycles. The molecule has 9 nitrogen and oxygen atoms in total. The van der Waals surface area contributed by atoms with Gasteiger partial charge in [-0.25, -0.2) is 19.6 Å². The third-order valence-corrected chi connectivity index (χ3v) is 4.17. The van der Waals surface area contributed by atoms with Crippen molar-refractivity contribution in [3.8, 4) is 0 Å². The smallest absolute Gasteiger partial charge is 0.355 e. The summed E-state index contributed by atoms with van der Waals surface area (Å²) >= 11 is 0. The zero-order valence-corrected chi connectivity index (χ0v) is 15.6. The van der Waals surface area contributed by atoms with Crippen LogP contribution in [0.3, 0.4) is 0 Å². The number of nitrogens with zero attached hydrogens (tertiary/aromatic N) is 6. The Bertz CT molecular complexity index is 831. The van der Waals surface area contributed by atoms with Crippen molar-refractivity contribution in [1.29, 1.82) is 0 Å². The van der Waals surface area contributed by atoms with Crippen LogP contribution < -0.4 is 16.0 Å². The number of hydrogen-bond acceptors (Lipinski definition) is 6. The summed E-state index contributed by atoms with van der Waals surface area (Å²) in [5.41, 5.74) is -0.976. The second kappa shape index (κ2) is 8.40. The fourth-order valence-electron chi connectivity index (χ4n) is 2.90. The topological polar surface area (TPSA) is 105 Å². The summed E-state index contributed by atoms with van der Waals surface area (Å²) in [4.78, 5) is 15.8. The van der Waals surface area contributed by atoms with Crippen LogP contribution in [0.1, 0.15) is 23.8 Å². The lowest BCUT2D eigenvalue weighted by atomic mass is 10.1. The Morgan fingerprint density at radius 1 is 1.32 bits per heavy atom. The Hall–Kier alpha value is -2.92. The minimum atomic E-state index is -4.49. The fraction of sp³-hybridized carbons (Fsp3) is 0.562. The number of aromatic nitrogens is 5. The molecular weight excluding hydrogens is 375 g/mol. The first-order chi connectivity index (χ1) is 13.3. The summed E-state index contributed by atoms with van der Waals surface area (Å²) in [6.45, 7) is 3.33. The molecule has 0 bridgehead atoms. The lowest BCUT2D eigenvalue weighted by Crippen LogP contribution is -2.48. The molecule has 12 heteroatoms. The molecule has 2 aromatic heterocycles. The van der Waals surface area contributed by atoms with Crippen molar-refractivity contribution in [3.05, 3.63) is 29.6 Å². The quantitative estimate of drug-likeness (QED) is 0.393. The SMILES string of the molecule is CN=C(NCCNc1nccc(C(F)(F)F)n1)NC1CCc2nc(C)nn2C1. The van der Waals surface area contributed by atoms with Crippen LogP contribution in [-0.4, -0.2) is 56.9 Å². The van der Waals surface area contributed by atoms with Gasteiger partial charge in [-0.1, -0.05) is 0 Å². The van der Waals surface area contributed by atoms with Gasteiger partial charge in [-0.3, -0.25) is 4.99 Å². The van der Waals surface area contributed by atoms with Crippen LogP contribution in [0.4, 0.5) is 19.1 Å². The van der Waals surface area contributed by atoms with Crippen molar-refractivity contribution in [2.24, 2.45) is 4.99 Å². The minimum absolute atomic E-state index is 0.0686. The molecular formula is C16H22F3N9. The number of hydrogen-bond donors (Lipinski definition) is 3. The second-order valence-corrected chi connectivity index (χ2v) is 6.33. The lowest BCUT2D eigenvalue weighted by Gasteiger charge is -2.25. The van der Waals surface area contributed by atoms with Crippen LogP contribution in [0.25, 0.3) is 0 Å². The summed E-state index contributed by atoms with van der Waals surface area (Å²) < 4.78 is 39.9. The predicted molar refractivity (Wildman–Crippen MR) is 96.9 cm³/mol. The van der Waals surface area contributed by atoms with Gasteiger partial charge in [0.15, 0.2) is 5.96 Å². The van der Waals surface area contributed by atoms with Crippen molar-refractivity contribution in [3.63, 3.8) is 0 Å². The highest BCUT2D eigenvalue weighted by Gasteiger charge is 2.32. The van der Waals surface area contributed by atoms with Crippen LogP contribution in [0.15, 0.2) is 17.3 Å². The number of alkyl halides is 3. The van der Waals surface area contributed by atoms with Crippen molar-refractivity contribution in [2.45, 2.75) is 38.5 Å². The van der Waals surface area contributed by atoms with E-state index in [0.29, 0.717) is 25.6 Å². The largest absolute Gasteiger partial charge is 0.433 e. The van der Waals surface area contributed by atoms with Gasteiger partial charge in [-0.05, 0) is 19.4 Å². The first-order valence-corrected chi connectivity index (χ1v) is 8.87. The molecule has 2 aromatic rings. The maximum absolute atomic E-state index is 12.7. The summed E-state index contributed by atoms with van der Waals surface area (Å²) in [7, 11) is 1.66. The van der Waals surface area contributed by atoms with E-state index in [1.807, 2.05) is 11.6 Å². The predicted octanol–water partition coefficient (Wildman–Crippen LogP) is 0.987. The molecule has 3 heterocycles. The van der Waals surface area contributed by atoms with E-state index in [1.165, 1.54) is 0 Å². The average molecular weight is 397 g/mol. The first-order valence-electron chi connectivity index (χ1n) is 8.87. The van der Waals surface area contributed by atoms with Crippen LogP contribution in [0, 0.1) is 6.92 Å². The summed E-state index contributed by atoms with van der Waals surface area (Å²) in [6, 6.07) is 1.00. The Morgan fingerprint density at radius 2 is 2.14 bits per heavy atom. The van der Waals surface area contributed by atoms with E-state index in [0.717, 1.165) is 36.8 Å². The molecule has 1 aliphatic rings. The number of fused-ring (bicyclic) bond motifs is 1. The van der Waals surface area contributed by atoms with Gasteiger partial charge in [0, 0.05) is 38.8 Å². The highest BCUT2D eigenvalue weighted by Crippen LogP contribution is 2.27. The average Bonchev–Trinajstić information content (AvgIpc) is 3.03. The molecule has 152 valence electrons. The molecule has 0 amide bonds. The summed E-state index contributed by atoms with van der Waals surface area (Å²) in [5.74, 6) is 2.29. The standard InChI is InChI=1S/C16H22F3N9/c1-10-24-13-4-3-11(9-28(13)27-10)25-14(20-2)22-7-8-23-15-21-6-5-12(26-15)16(17,18)19/h5-6,11H,3-4,7-9H2,1-2H3,(H2,20,22,25)(H,21,23,26). The van der Waals surface area contributed by atoms with Crippen molar-refractivity contribution in [1.82, 2.24) is 35.4 Å². The van der Waals surface area contributed by atoms with Gasteiger partial charge in [0.2, 0.25) is 5.95 Å². The number of rotatable bonds is 5. The van der Waals surface area contributed by atoms with E-state index in [-0.39, 0.29) is 12.0 Å². The zero-order valence-electron chi connectivity index (χ0n) is 15.6. The van der Waals surface area contributed by atoms with Gasteiger partial charge in [-0.15, -0.1) is 0 Å². The molecule has 1 atom stereocenters. The van der Waals surface area contributed by atoms with Crippen LogP contribution in [0.5, 0.6) is 0 Å². The monoisotopic (exact) mass is 397 g/mol. The van der Waals surface area contributed by atoms with Gasteiger partial charge in [0.1, 0.15) is 17.3 Å². The number of guanidine groups is 1. The van der Waals surface area contributed by atoms with Gasteiger partial charge >= 0.3 is 6.18 Å². The van der Waals surface area contributed by atoms with E-state index in [4.69, 9.17) is 0 Å². The molecule has 3 N–H and O–H groups in total. The second-order valence-electron chi connectivity index (χ2n) is 6.33. The van der Waals surface area contributed by atoms with Gasteiger partial charge in [0.05, 0.1) is 6.54 Å². The normalized spacial score (nSPS) is 17.2. The molecule has 0 saturated heterocycles. The molecule has 0 saturated carbocycles. The lowest BCUT2D eigenvalue weighted by molar-refractivity contribution is -0.141. The van der Waals surface area contributed by atoms with Crippen LogP contribution in [-0.2, 0) is 19.1 Å². The van der Waals surface area contributed by atoms with Gasteiger partial charge in [-0.2, -0.15) is 18.3 Å². The van der Waals surface area contributed by atoms with E-state index >= 15 is 0 Å². The molecule has 1 unspecified atom stereocenters. The molecule has 3 rings (SSSR count). The van der Waals surface area contributed by atoms with Crippen molar-refractivity contribution < 1.29 is 13.2 Å². The summed E-state index contributed by atoms with van der Waals surface area (Å²) in [5, 5.41) is 13.6.